The SMILES string of the molecule is CC(C)(C)OO[C@]12C3=C(C(=O)Nc4ccc(Br)cc4)[C@]4(Nc5ccc(Br)cc5)c5c1c1c6c2c2c7c8c9c%10c%11c(c%12c(=O)c%13c4c4c5c5c1c1c%14c6c6c2c8c2c%10c8c%10c%11c%11c%12c%13c%12c4c4c5c1c1c5c4c%12c%11c%10c5c4c8c2c6c%14c14)[C@@]9(OOC(C)(C)C)C(=O)C=7O3. The summed E-state index contributed by atoms with van der Waals surface area (Å²) >= 11 is 7.49. The second-order valence-electron chi connectivity index (χ2n) is 31.2. The van der Waals surface area contributed by atoms with Gasteiger partial charge in [0.1, 0.15) is 5.54 Å². The molecule has 420 valence electrons. The van der Waals surface area contributed by atoms with Gasteiger partial charge in [0.2, 0.25) is 17.0 Å². The van der Waals surface area contributed by atoms with E-state index >= 15 is 14.4 Å². The van der Waals surface area contributed by atoms with E-state index in [9.17, 15) is 0 Å². The molecule has 92 heavy (non-hydrogen) atoms. The van der Waals surface area contributed by atoms with Crippen molar-refractivity contribution >= 4 is 298 Å². The first-order valence-electron chi connectivity index (χ1n) is 31.9. The fourth-order valence-corrected chi connectivity index (χ4v) is 24.9. The fraction of sp³-hybridized carbons (Fsp3) is 0.138. The van der Waals surface area contributed by atoms with E-state index < -0.39 is 39.6 Å². The quantitative estimate of drug-likeness (QED) is 0.0870. The van der Waals surface area contributed by atoms with Crippen molar-refractivity contribution in [2.75, 3.05) is 10.6 Å². The number of fused-ring (bicyclic) bond motifs is 4. The van der Waals surface area contributed by atoms with Gasteiger partial charge in [-0.1, -0.05) is 31.9 Å². The van der Waals surface area contributed by atoms with E-state index in [0.29, 0.717) is 44.1 Å². The molecule has 0 saturated carbocycles. The van der Waals surface area contributed by atoms with Crippen LogP contribution in [0.15, 0.2) is 73.6 Å². The van der Waals surface area contributed by atoms with Crippen molar-refractivity contribution in [1.82, 2.24) is 0 Å². The lowest BCUT2D eigenvalue weighted by molar-refractivity contribution is -0.395. The number of amides is 1. The third kappa shape index (κ3) is 3.14. The molecule has 2 N–H and O–H groups in total. The van der Waals surface area contributed by atoms with Gasteiger partial charge in [0.15, 0.2) is 16.9 Å². The van der Waals surface area contributed by atoms with E-state index in [0.717, 1.165) is 117 Å². The first-order valence-corrected chi connectivity index (χ1v) is 33.5. The third-order valence-electron chi connectivity index (χ3n) is 25.8. The number of hydrogen-bond acceptors (Lipinski definition) is 9. The molecule has 1 amide bonds. The van der Waals surface area contributed by atoms with Gasteiger partial charge in [-0.25, -0.2) is 19.6 Å². The zero-order chi connectivity index (χ0) is 59.3. The monoisotopic (exact) mass is 1300 g/mol. The summed E-state index contributed by atoms with van der Waals surface area (Å²) in [6.45, 7) is 11.8. The smallest absolute Gasteiger partial charge is 0.258 e. The number of ether oxygens (including phenoxy) is 1. The van der Waals surface area contributed by atoms with E-state index in [1.165, 1.54) is 135 Å². The van der Waals surface area contributed by atoms with Crippen molar-refractivity contribution in [2.24, 2.45) is 0 Å². The predicted molar refractivity (Wildman–Crippen MR) is 371 cm³/mol. The number of nitrogens with one attached hydrogen (secondary N) is 2. The molecule has 0 radical (unpaired) electrons. The highest BCUT2D eigenvalue weighted by Crippen LogP contribution is 2.81. The largest absolute Gasteiger partial charge is 0.453 e. The summed E-state index contributed by atoms with van der Waals surface area (Å²) in [5.41, 5.74) is -2.02. The number of ketones is 1. The van der Waals surface area contributed by atoms with Crippen molar-refractivity contribution in [2.45, 2.75) is 69.5 Å². The van der Waals surface area contributed by atoms with Crippen molar-refractivity contribution in [1.29, 1.82) is 0 Å². The summed E-state index contributed by atoms with van der Waals surface area (Å²) in [6, 6.07) is 15.8. The molecule has 10 nitrogen and oxygen atoms in total. The molecule has 12 heteroatoms. The summed E-state index contributed by atoms with van der Waals surface area (Å²) in [5, 5.41) is 58.4. The van der Waals surface area contributed by atoms with Gasteiger partial charge in [-0.3, -0.25) is 14.4 Å². The van der Waals surface area contributed by atoms with Crippen molar-refractivity contribution in [3.8, 4) is 0 Å². The van der Waals surface area contributed by atoms with Crippen LogP contribution in [-0.4, -0.2) is 22.9 Å². The number of anilines is 2. The molecule has 0 fully saturated rings. The molecule has 25 aromatic carbocycles. The molecule has 3 atom stereocenters. The highest BCUT2D eigenvalue weighted by Gasteiger charge is 2.71. The van der Waals surface area contributed by atoms with E-state index in [1.54, 1.807) is 0 Å². The van der Waals surface area contributed by atoms with Gasteiger partial charge < -0.3 is 15.4 Å². The number of carbonyl (C=O) groups is 2. The van der Waals surface area contributed by atoms with Gasteiger partial charge in [0, 0.05) is 113 Å². The van der Waals surface area contributed by atoms with Gasteiger partial charge in [-0.2, -0.15) is 0 Å². The van der Waals surface area contributed by atoms with Crippen LogP contribution in [0.1, 0.15) is 74.9 Å². The van der Waals surface area contributed by atoms with E-state index in [2.05, 4.69) is 54.6 Å². The van der Waals surface area contributed by atoms with Crippen LogP contribution in [-0.2, 0) is 50.6 Å². The Balaban J connectivity index is 1.03. The standard InChI is InChI=1S/C80H28Br2N2O8/c1-76(2,3)89-91-79-65-54-44-34-24-19-20-22-23-21(19)25-29-28(24)39(44)49-50-40(29)45-36(25)38-32(23)37-33-26(22)30-31-27(20)35(34)46-42(31)52-51-41(30)43(33)53-57-47(37)48(38)58-56(45)66-60(50)61(59(49)65)72(73(79)86)88-74-70(75(87)83-17-11-7-15(81)8-12-17)78(84-18-13-9-16(82)10-14-18,64(53)62(51)71(85)63(52)67(79)55(46)54)68(57)69(58)80(66,74)92-90-77(4,5)6/h7-14,84H,1-6H3,(H,83,87)/t78-,79-,80+/m1/s1. The minimum atomic E-state index is -2.11. The van der Waals surface area contributed by atoms with E-state index in [-0.39, 0.29) is 22.5 Å². The molecule has 0 saturated heterocycles. The molecule has 1 aliphatic heterocycles. The third-order valence-corrected chi connectivity index (χ3v) is 26.9. The molecule has 6 aliphatic rings. The van der Waals surface area contributed by atoms with Crippen molar-refractivity contribution in [3.63, 3.8) is 0 Å². The Hall–Kier alpha value is -9.37. The molecule has 1 heterocycles. The molecule has 25 aromatic rings. The summed E-state index contributed by atoms with van der Waals surface area (Å²) in [4.78, 5) is 84.2. The van der Waals surface area contributed by atoms with Gasteiger partial charge in [-0.15, -0.1) is 0 Å². The van der Waals surface area contributed by atoms with Gasteiger partial charge in [0.05, 0.1) is 16.8 Å². The molecule has 0 spiro atoms. The summed E-state index contributed by atoms with van der Waals surface area (Å²) < 4.78 is 10.1. The number of halogens is 2. The number of Topliss-reactive ketones (excluding diaryl/α,β-unsaturated/α-hetero) is 1. The Morgan fingerprint density at radius 2 is 0.696 bits per heavy atom. The van der Waals surface area contributed by atoms with Crippen molar-refractivity contribution in [3.05, 3.63) is 118 Å². The van der Waals surface area contributed by atoms with Crippen LogP contribution < -0.4 is 21.3 Å². The van der Waals surface area contributed by atoms with E-state index in [4.69, 9.17) is 24.3 Å². The van der Waals surface area contributed by atoms with Crippen LogP contribution in [0.5, 0.6) is 0 Å². The average molecular weight is 1300 g/mol. The van der Waals surface area contributed by atoms with Gasteiger partial charge in [-0.05, 0) is 273 Å². The Bertz CT molecular complexity index is 8220. The first-order chi connectivity index (χ1) is 44.6. The average Bonchev–Trinajstić information content (AvgIpc) is 1.40. The summed E-state index contributed by atoms with van der Waals surface area (Å²) in [6.07, 6.45) is 0. The second-order valence-corrected chi connectivity index (χ2v) is 33.0. The van der Waals surface area contributed by atoms with Crippen LogP contribution in [0.2, 0.25) is 0 Å². The highest BCUT2D eigenvalue weighted by atomic mass is 79.9. The first kappa shape index (κ1) is 43.4. The lowest BCUT2D eigenvalue weighted by Gasteiger charge is -2.47. The number of benzene rings is 17. The van der Waals surface area contributed by atoms with Crippen LogP contribution in [0.4, 0.5) is 11.4 Å². The Kier molecular flexibility index (Phi) is 5.24. The van der Waals surface area contributed by atoms with E-state index in [1.807, 2.05) is 77.9 Å². The lowest BCUT2D eigenvalue weighted by atomic mass is 9.65. The van der Waals surface area contributed by atoms with Crippen LogP contribution in [0, 0.1) is 0 Å². The highest BCUT2D eigenvalue weighted by molar-refractivity contribution is 9.10. The molecular weight excluding hydrogens is 1280 g/mol. The minimum Gasteiger partial charge on any atom is -0.453 e. The maximum atomic E-state index is 18.4. The molecular formula is C80H28Br2N2O8. The Morgan fingerprint density at radius 1 is 0.380 bits per heavy atom. The fourth-order valence-electron chi connectivity index (χ4n) is 24.4. The maximum Gasteiger partial charge on any atom is 0.258 e. The maximum absolute atomic E-state index is 18.4. The lowest BCUT2D eigenvalue weighted by Crippen LogP contribution is -2.52. The summed E-state index contributed by atoms with van der Waals surface area (Å²) in [5.74, 6) is -0.879. The summed E-state index contributed by atoms with van der Waals surface area (Å²) in [7, 11) is 0. The number of rotatable bonds is 8. The predicted octanol–water partition coefficient (Wildman–Crippen LogP) is 18.8. The minimum absolute atomic E-state index is 0.0181. The Labute approximate surface area is 525 Å². The van der Waals surface area contributed by atoms with Crippen molar-refractivity contribution < 1.29 is 33.9 Å². The van der Waals surface area contributed by atoms with Crippen LogP contribution in [0.25, 0.3) is 243 Å². The molecule has 0 aromatic heterocycles. The molecule has 31 rings (SSSR count). The molecule has 0 unspecified atom stereocenters. The topological polar surface area (TPSA) is 121 Å². The van der Waals surface area contributed by atoms with Crippen LogP contribution >= 0.6 is 31.9 Å². The Morgan fingerprint density at radius 3 is 1.12 bits per heavy atom. The van der Waals surface area contributed by atoms with Crippen LogP contribution in [0.3, 0.4) is 0 Å². The molecule has 5 aliphatic carbocycles. The molecule has 0 bridgehead atoms. The second kappa shape index (κ2) is 11.1. The number of hydrogen-bond donors (Lipinski definition) is 2. The number of carbonyl (C=O) groups excluding carboxylic acids is 2. The zero-order valence-electron chi connectivity index (χ0n) is 48.6. The van der Waals surface area contributed by atoms with Gasteiger partial charge in [0.25, 0.3) is 5.91 Å². The van der Waals surface area contributed by atoms with Gasteiger partial charge >= 0.3 is 0 Å². The normalized spacial score (nSPS) is 21.9. The zero-order valence-corrected chi connectivity index (χ0v) is 51.8.